The molecular weight excluding hydrogens is 222 g/mol. The number of methoxy groups -OCH3 is 1. The van der Waals surface area contributed by atoms with Crippen molar-refractivity contribution in [2.45, 2.75) is 6.10 Å². The van der Waals surface area contributed by atoms with Gasteiger partial charge in [-0.15, -0.1) is 0 Å². The van der Waals surface area contributed by atoms with E-state index in [9.17, 15) is 8.78 Å². The van der Waals surface area contributed by atoms with Gasteiger partial charge in [0.25, 0.3) is 0 Å². The van der Waals surface area contributed by atoms with Crippen molar-refractivity contribution in [3.63, 3.8) is 0 Å². The Morgan fingerprint density at radius 3 is 1.41 bits per heavy atom. The van der Waals surface area contributed by atoms with Gasteiger partial charge in [-0.25, -0.2) is 8.78 Å². The summed E-state index contributed by atoms with van der Waals surface area (Å²) >= 11 is 0. The number of rotatable bonds is 3. The molecule has 0 aliphatic rings. The molecule has 0 saturated heterocycles. The Morgan fingerprint density at radius 1 is 0.765 bits per heavy atom. The summed E-state index contributed by atoms with van der Waals surface area (Å²) in [4.78, 5) is 0. The van der Waals surface area contributed by atoms with Crippen LogP contribution < -0.4 is 0 Å². The van der Waals surface area contributed by atoms with Crippen LogP contribution in [0.2, 0.25) is 0 Å². The highest BCUT2D eigenvalue weighted by Gasteiger charge is 2.13. The van der Waals surface area contributed by atoms with E-state index in [1.165, 1.54) is 24.3 Å². The summed E-state index contributed by atoms with van der Waals surface area (Å²) in [5.41, 5.74) is 1.67. The molecule has 0 amide bonds. The van der Waals surface area contributed by atoms with Crippen molar-refractivity contribution in [2.24, 2.45) is 0 Å². The van der Waals surface area contributed by atoms with Gasteiger partial charge in [0.15, 0.2) is 0 Å². The fourth-order valence-corrected chi connectivity index (χ4v) is 1.74. The lowest BCUT2D eigenvalue weighted by atomic mass is 10.0. The highest BCUT2D eigenvalue weighted by Crippen LogP contribution is 2.25. The standard InChI is InChI=1S/C14H12F2O/c1-17-14(10-2-6-12(15)7-3-10)11-4-8-13(16)9-5-11/h2-9,14H,1H3. The van der Waals surface area contributed by atoms with Crippen molar-refractivity contribution in [2.75, 3.05) is 7.11 Å². The number of benzene rings is 2. The summed E-state index contributed by atoms with van der Waals surface area (Å²) in [5.74, 6) is -0.578. The van der Waals surface area contributed by atoms with Crippen LogP contribution in [0.25, 0.3) is 0 Å². The molecule has 17 heavy (non-hydrogen) atoms. The van der Waals surface area contributed by atoms with E-state index in [0.29, 0.717) is 0 Å². The maximum Gasteiger partial charge on any atom is 0.123 e. The molecule has 0 fully saturated rings. The van der Waals surface area contributed by atoms with Gasteiger partial charge < -0.3 is 4.74 Å². The highest BCUT2D eigenvalue weighted by atomic mass is 19.1. The Kier molecular flexibility index (Phi) is 3.49. The summed E-state index contributed by atoms with van der Waals surface area (Å²) < 4.78 is 31.0. The summed E-state index contributed by atoms with van der Waals surface area (Å²) in [6.07, 6.45) is -0.309. The van der Waals surface area contributed by atoms with Crippen molar-refractivity contribution in [3.05, 3.63) is 71.3 Å². The molecule has 0 spiro atoms. The van der Waals surface area contributed by atoms with Gasteiger partial charge in [0.05, 0.1) is 0 Å². The maximum atomic E-state index is 12.8. The van der Waals surface area contributed by atoms with Crippen molar-refractivity contribution in [1.82, 2.24) is 0 Å². The Balaban J connectivity index is 2.33. The zero-order chi connectivity index (χ0) is 12.3. The van der Waals surface area contributed by atoms with Crippen LogP contribution >= 0.6 is 0 Å². The monoisotopic (exact) mass is 234 g/mol. The summed E-state index contributed by atoms with van der Waals surface area (Å²) in [7, 11) is 1.57. The van der Waals surface area contributed by atoms with Crippen molar-refractivity contribution in [1.29, 1.82) is 0 Å². The predicted molar refractivity (Wildman–Crippen MR) is 61.7 cm³/mol. The van der Waals surface area contributed by atoms with Crippen LogP contribution in [0.3, 0.4) is 0 Å². The van der Waals surface area contributed by atoms with Gasteiger partial charge >= 0.3 is 0 Å². The molecule has 1 nitrogen and oxygen atoms in total. The zero-order valence-electron chi connectivity index (χ0n) is 9.36. The molecule has 0 aliphatic heterocycles. The fraction of sp³-hybridized carbons (Fsp3) is 0.143. The average molecular weight is 234 g/mol. The van der Waals surface area contributed by atoms with Crippen LogP contribution in [0.15, 0.2) is 48.5 Å². The molecule has 3 heteroatoms. The summed E-state index contributed by atoms with van der Waals surface area (Å²) in [6, 6.07) is 12.2. The Bertz CT molecular complexity index is 431. The molecule has 88 valence electrons. The normalized spacial score (nSPS) is 10.8. The molecule has 0 saturated carbocycles. The van der Waals surface area contributed by atoms with E-state index in [1.54, 1.807) is 31.4 Å². The lowest BCUT2D eigenvalue weighted by Crippen LogP contribution is -2.03. The van der Waals surface area contributed by atoms with E-state index in [0.717, 1.165) is 11.1 Å². The quantitative estimate of drug-likeness (QED) is 0.786. The largest absolute Gasteiger partial charge is 0.372 e. The van der Waals surface area contributed by atoms with Crippen LogP contribution in [0.5, 0.6) is 0 Å². The third-order valence-corrected chi connectivity index (χ3v) is 2.58. The number of halogens is 2. The molecule has 0 aromatic heterocycles. The van der Waals surface area contributed by atoms with Gasteiger partial charge in [-0.3, -0.25) is 0 Å². The molecule has 0 N–H and O–H groups in total. The maximum absolute atomic E-state index is 12.8. The van der Waals surface area contributed by atoms with Crippen LogP contribution in [-0.4, -0.2) is 7.11 Å². The average Bonchev–Trinajstić information content (AvgIpc) is 2.35. The van der Waals surface area contributed by atoms with Crippen LogP contribution in [0.1, 0.15) is 17.2 Å². The third-order valence-electron chi connectivity index (χ3n) is 2.58. The number of ether oxygens (including phenoxy) is 1. The van der Waals surface area contributed by atoms with E-state index in [1.807, 2.05) is 0 Å². The van der Waals surface area contributed by atoms with Crippen LogP contribution in [0.4, 0.5) is 8.78 Å². The Morgan fingerprint density at radius 2 is 1.12 bits per heavy atom. The van der Waals surface area contributed by atoms with Crippen LogP contribution in [0, 0.1) is 11.6 Å². The molecule has 0 bridgehead atoms. The lowest BCUT2D eigenvalue weighted by molar-refractivity contribution is 0.136. The van der Waals surface area contributed by atoms with Crippen molar-refractivity contribution in [3.8, 4) is 0 Å². The zero-order valence-corrected chi connectivity index (χ0v) is 9.36. The third kappa shape index (κ3) is 2.68. The SMILES string of the molecule is COC(c1ccc(F)cc1)c1ccc(F)cc1. The van der Waals surface area contributed by atoms with Crippen molar-refractivity contribution < 1.29 is 13.5 Å². The second-order valence-electron chi connectivity index (χ2n) is 3.72. The van der Waals surface area contributed by atoms with Gasteiger partial charge in [-0.05, 0) is 35.4 Å². The summed E-state index contributed by atoms with van der Waals surface area (Å²) in [6.45, 7) is 0. The molecule has 2 aromatic carbocycles. The van der Waals surface area contributed by atoms with Gasteiger partial charge in [-0.2, -0.15) is 0 Å². The summed E-state index contributed by atoms with van der Waals surface area (Å²) in [5, 5.41) is 0. The first-order valence-corrected chi connectivity index (χ1v) is 5.24. The Hall–Kier alpha value is -1.74. The molecule has 0 heterocycles. The molecule has 2 aromatic rings. The van der Waals surface area contributed by atoms with Gasteiger partial charge in [0.2, 0.25) is 0 Å². The first-order chi connectivity index (χ1) is 8.20. The second kappa shape index (κ2) is 5.06. The van der Waals surface area contributed by atoms with Crippen LogP contribution in [-0.2, 0) is 4.74 Å². The minimum Gasteiger partial charge on any atom is -0.372 e. The lowest BCUT2D eigenvalue weighted by Gasteiger charge is -2.16. The highest BCUT2D eigenvalue weighted by molar-refractivity contribution is 5.30. The van der Waals surface area contributed by atoms with Gasteiger partial charge in [0, 0.05) is 7.11 Å². The van der Waals surface area contributed by atoms with E-state index in [-0.39, 0.29) is 17.7 Å². The van der Waals surface area contributed by atoms with Gasteiger partial charge in [-0.1, -0.05) is 24.3 Å². The molecule has 0 unspecified atom stereocenters. The molecular formula is C14H12F2O. The first-order valence-electron chi connectivity index (χ1n) is 5.24. The van der Waals surface area contributed by atoms with Gasteiger partial charge in [0.1, 0.15) is 17.7 Å². The first kappa shape index (κ1) is 11.7. The minimum atomic E-state index is -0.309. The fourth-order valence-electron chi connectivity index (χ4n) is 1.74. The molecule has 2 rings (SSSR count). The predicted octanol–water partition coefficient (Wildman–Crippen LogP) is 3.70. The van der Waals surface area contributed by atoms with E-state index in [4.69, 9.17) is 4.74 Å². The van der Waals surface area contributed by atoms with E-state index >= 15 is 0 Å². The molecule has 0 radical (unpaired) electrons. The smallest absolute Gasteiger partial charge is 0.123 e. The van der Waals surface area contributed by atoms with E-state index < -0.39 is 0 Å². The topological polar surface area (TPSA) is 9.23 Å². The number of hydrogen-bond acceptors (Lipinski definition) is 1. The minimum absolute atomic E-state index is 0.289. The van der Waals surface area contributed by atoms with E-state index in [2.05, 4.69) is 0 Å². The number of hydrogen-bond donors (Lipinski definition) is 0. The molecule has 0 aliphatic carbocycles. The second-order valence-corrected chi connectivity index (χ2v) is 3.72. The Labute approximate surface area is 98.7 Å². The van der Waals surface area contributed by atoms with Crippen molar-refractivity contribution >= 4 is 0 Å². The molecule has 0 atom stereocenters.